The Hall–Kier alpha value is -5.70. The lowest BCUT2D eigenvalue weighted by atomic mass is 9.79. The highest BCUT2D eigenvalue weighted by molar-refractivity contribution is 5.67. The van der Waals surface area contributed by atoms with E-state index in [4.69, 9.17) is 0 Å². The van der Waals surface area contributed by atoms with E-state index in [0.717, 1.165) is 22.3 Å². The molecule has 21 rings (SSSR count). The number of hydrogen-bond acceptors (Lipinski definition) is 6. The van der Waals surface area contributed by atoms with Crippen molar-refractivity contribution >= 4 is 0 Å². The van der Waals surface area contributed by atoms with Crippen molar-refractivity contribution in [1.29, 1.82) is 0 Å². The van der Waals surface area contributed by atoms with Crippen LogP contribution in [0.1, 0.15) is 33.4 Å². The van der Waals surface area contributed by atoms with Crippen molar-refractivity contribution in [2.24, 2.45) is 0 Å². The lowest BCUT2D eigenvalue weighted by molar-refractivity contribution is 0.104. The maximum atomic E-state index is 11.6. The van der Waals surface area contributed by atoms with Crippen LogP contribution in [0.15, 0.2) is 194 Å². The molecule has 0 aromatic heterocycles. The summed E-state index contributed by atoms with van der Waals surface area (Å²) in [5.41, 5.74) is -1.30. The van der Waals surface area contributed by atoms with E-state index in [1.807, 2.05) is 97.1 Å². The molecule has 0 saturated carbocycles. The van der Waals surface area contributed by atoms with Crippen molar-refractivity contribution in [2.45, 2.75) is 33.6 Å². The molecular formula is C48H38O6. The largest absolute Gasteiger partial charge is 0.377 e. The Kier molecular flexibility index (Phi) is 7.51. The topological polar surface area (TPSA) is 121 Å². The van der Waals surface area contributed by atoms with Gasteiger partial charge in [0.15, 0.2) is 0 Å². The maximum absolute atomic E-state index is 11.6. The zero-order valence-corrected chi connectivity index (χ0v) is 29.2. The average Bonchev–Trinajstić information content (AvgIpc) is 3.22. The third kappa shape index (κ3) is 5.60. The molecular weight excluding hydrogens is 673 g/mol. The molecule has 0 unspecified atom stereocenters. The molecule has 54 heavy (non-hydrogen) atoms. The van der Waals surface area contributed by atoms with Crippen molar-refractivity contribution in [3.63, 3.8) is 0 Å². The first-order valence-electron chi connectivity index (χ1n) is 17.9. The first kappa shape index (κ1) is 34.1. The van der Waals surface area contributed by atoms with Crippen LogP contribution in [0.5, 0.6) is 0 Å². The predicted molar refractivity (Wildman–Crippen MR) is 208 cm³/mol. The van der Waals surface area contributed by atoms with Crippen molar-refractivity contribution in [1.82, 2.24) is 0 Å². The van der Waals surface area contributed by atoms with E-state index >= 15 is 0 Å². The summed E-state index contributed by atoms with van der Waals surface area (Å²) in [6.07, 6.45) is 19.0. The average molecular weight is 711 g/mol. The SMILES string of the molecule is OC12C=CC(O)(C=C1)c1ccc(cc1)-c1ccc(cc1)C1(O)C=CC(O)(C=C1)c1ccc(cc1)C1(O)C=CC(O)(C=C1)c1ccc(cc1)-c1ccc2cc1. The highest BCUT2D eigenvalue weighted by atomic mass is 16.3. The Labute approximate surface area is 313 Å². The van der Waals surface area contributed by atoms with Crippen LogP contribution in [-0.4, -0.2) is 30.6 Å². The molecule has 6 nitrogen and oxygen atoms in total. The van der Waals surface area contributed by atoms with Gasteiger partial charge >= 0.3 is 0 Å². The van der Waals surface area contributed by atoms with Gasteiger partial charge in [0.05, 0.1) is 0 Å². The van der Waals surface area contributed by atoms with Gasteiger partial charge in [-0.05, 0) is 129 Å². The van der Waals surface area contributed by atoms with Crippen molar-refractivity contribution in [3.8, 4) is 22.3 Å². The molecule has 266 valence electrons. The minimum atomic E-state index is -1.48. The first-order chi connectivity index (χ1) is 25.8. The Morgan fingerprint density at radius 3 is 0.426 bits per heavy atom. The van der Waals surface area contributed by atoms with Gasteiger partial charge in [0.1, 0.15) is 33.6 Å². The molecule has 0 atom stereocenters. The second-order valence-corrected chi connectivity index (χ2v) is 14.8. The zero-order chi connectivity index (χ0) is 37.4. The molecule has 16 aliphatic rings. The van der Waals surface area contributed by atoms with Crippen molar-refractivity contribution < 1.29 is 30.6 Å². The number of benzene rings is 5. The molecule has 0 amide bonds. The third-order valence-corrected chi connectivity index (χ3v) is 11.4. The molecule has 5 aromatic carbocycles. The fourth-order valence-corrected chi connectivity index (χ4v) is 7.74. The molecule has 5 aromatic rings. The summed E-state index contributed by atoms with van der Waals surface area (Å²) in [4.78, 5) is 0. The van der Waals surface area contributed by atoms with Crippen LogP contribution in [0.2, 0.25) is 0 Å². The fraction of sp³-hybridized carbons (Fsp3) is 0.125. The monoisotopic (exact) mass is 710 g/mol. The second-order valence-electron chi connectivity index (χ2n) is 14.8. The van der Waals surface area contributed by atoms with Gasteiger partial charge in [-0.3, -0.25) is 0 Å². The van der Waals surface area contributed by atoms with Crippen LogP contribution >= 0.6 is 0 Å². The van der Waals surface area contributed by atoms with E-state index in [-0.39, 0.29) is 0 Å². The number of rotatable bonds is 0. The summed E-state index contributed by atoms with van der Waals surface area (Å²) in [6, 6.07) is 37.1. The van der Waals surface area contributed by atoms with E-state index in [1.54, 1.807) is 97.2 Å². The number of hydrogen-bond donors (Lipinski definition) is 6. The smallest absolute Gasteiger partial charge is 0.127 e. The third-order valence-electron chi connectivity index (χ3n) is 11.4. The zero-order valence-electron chi connectivity index (χ0n) is 29.2. The Morgan fingerprint density at radius 2 is 0.296 bits per heavy atom. The van der Waals surface area contributed by atoms with Crippen molar-refractivity contribution in [2.75, 3.05) is 0 Å². The molecule has 6 heteroatoms. The molecule has 16 aliphatic carbocycles. The normalized spacial score (nSPS) is 31.5. The minimum absolute atomic E-state index is 0.559. The quantitative estimate of drug-likeness (QED) is 0.0970. The van der Waals surface area contributed by atoms with Crippen LogP contribution in [0.4, 0.5) is 0 Å². The highest BCUT2D eigenvalue weighted by Crippen LogP contribution is 2.41. The van der Waals surface area contributed by atoms with Gasteiger partial charge < -0.3 is 30.6 Å². The Balaban J connectivity index is 1.09. The van der Waals surface area contributed by atoms with Gasteiger partial charge in [0.2, 0.25) is 0 Å². The molecule has 0 radical (unpaired) electrons. The van der Waals surface area contributed by atoms with Crippen LogP contribution in [0, 0.1) is 0 Å². The van der Waals surface area contributed by atoms with Crippen LogP contribution in [0.3, 0.4) is 0 Å². The fourth-order valence-electron chi connectivity index (χ4n) is 7.74. The van der Waals surface area contributed by atoms with E-state index in [2.05, 4.69) is 0 Å². The molecule has 0 saturated heterocycles. The lowest BCUT2D eigenvalue weighted by Gasteiger charge is -2.33. The van der Waals surface area contributed by atoms with Gasteiger partial charge in [-0.1, -0.05) is 121 Å². The summed E-state index contributed by atoms with van der Waals surface area (Å²) in [7, 11) is 0. The second kappa shape index (κ2) is 11.9. The number of aliphatic hydroxyl groups is 6. The van der Waals surface area contributed by atoms with Gasteiger partial charge in [-0.25, -0.2) is 0 Å². The Morgan fingerprint density at radius 1 is 0.185 bits per heavy atom. The van der Waals surface area contributed by atoms with Crippen LogP contribution < -0.4 is 0 Å². The summed E-state index contributed by atoms with van der Waals surface area (Å²) in [5.74, 6) is 0. The standard InChI is InChI=1S/C48H38O6/c49-43-21-23-44(50,24-22-43)38-11-3-34(4-12-38)36-7-15-40(16-8-36)46(52)27-31-48(54,32-28-46)42-19-17-41(18-20-42)47(53)29-25-45(51,26-30-47)39-13-5-35(6-14-39)33-1-9-37(43)10-2-33/h1-32,49-54H. The van der Waals surface area contributed by atoms with Gasteiger partial charge in [0.25, 0.3) is 0 Å². The molecule has 0 heterocycles. The van der Waals surface area contributed by atoms with Gasteiger partial charge in [-0.15, -0.1) is 0 Å². The molecule has 6 N–H and O–H groups in total. The summed E-state index contributed by atoms with van der Waals surface area (Å²) < 4.78 is 0. The van der Waals surface area contributed by atoms with E-state index in [9.17, 15) is 30.6 Å². The first-order valence-corrected chi connectivity index (χ1v) is 17.9. The van der Waals surface area contributed by atoms with Crippen molar-refractivity contribution in [3.05, 3.63) is 228 Å². The highest BCUT2D eigenvalue weighted by Gasteiger charge is 2.37. The molecule has 0 aliphatic heterocycles. The van der Waals surface area contributed by atoms with E-state index in [0.29, 0.717) is 33.4 Å². The molecule has 0 fully saturated rings. The summed E-state index contributed by atoms with van der Waals surface area (Å²) in [6.45, 7) is 0. The predicted octanol–water partition coefficient (Wildman–Crippen LogP) is 6.94. The van der Waals surface area contributed by atoms with Crippen LogP contribution in [-0.2, 0) is 33.6 Å². The summed E-state index contributed by atoms with van der Waals surface area (Å²) in [5, 5.41) is 69.4. The van der Waals surface area contributed by atoms with Crippen LogP contribution in [0.25, 0.3) is 22.3 Å². The Bertz CT molecular complexity index is 2210. The minimum Gasteiger partial charge on any atom is -0.377 e. The molecule has 0 spiro atoms. The summed E-state index contributed by atoms with van der Waals surface area (Å²) >= 11 is 0. The maximum Gasteiger partial charge on any atom is 0.127 e. The van der Waals surface area contributed by atoms with Gasteiger partial charge in [-0.2, -0.15) is 0 Å². The van der Waals surface area contributed by atoms with E-state index < -0.39 is 33.6 Å². The van der Waals surface area contributed by atoms with Gasteiger partial charge in [0, 0.05) is 0 Å². The molecule has 16 bridgehead atoms. The lowest BCUT2D eigenvalue weighted by Crippen LogP contribution is -2.31. The van der Waals surface area contributed by atoms with E-state index in [1.165, 1.54) is 0 Å².